The molecule has 7 heteroatoms. The lowest BCUT2D eigenvalue weighted by molar-refractivity contribution is 0.422. The van der Waals surface area contributed by atoms with Gasteiger partial charge >= 0.3 is 0 Å². The second-order valence-corrected chi connectivity index (χ2v) is 4.56. The molecule has 2 heterocycles. The molecule has 0 spiro atoms. The summed E-state index contributed by atoms with van der Waals surface area (Å²) in [5.74, 6) is -1.30. The average Bonchev–Trinajstić information content (AvgIpc) is 2.76. The average molecular weight is 326 g/mol. The number of benzene rings is 1. The number of ether oxygens (including phenoxy) is 1. The molecule has 0 bridgehead atoms. The summed E-state index contributed by atoms with van der Waals surface area (Å²) in [7, 11) is 0. The Morgan fingerprint density at radius 3 is 2.89 bits per heavy atom. The van der Waals surface area contributed by atoms with Crippen molar-refractivity contribution >= 4 is 21.6 Å². The lowest BCUT2D eigenvalue weighted by atomic mass is 10.3. The monoisotopic (exact) mass is 325 g/mol. The highest BCUT2D eigenvalue weighted by Crippen LogP contribution is 2.25. The number of hydrogen-bond donors (Lipinski definition) is 0. The number of hydrogen-bond acceptors (Lipinski definition) is 3. The fraction of sp³-hybridized carbons (Fsp3) is 0. The van der Waals surface area contributed by atoms with Gasteiger partial charge in [0, 0.05) is 18.3 Å². The Kier molecular flexibility index (Phi) is 2.90. The Morgan fingerprint density at radius 2 is 2.05 bits per heavy atom. The molecule has 0 N–H and O–H groups in total. The highest BCUT2D eigenvalue weighted by Gasteiger charge is 2.09. The minimum absolute atomic E-state index is 0.151. The number of nitrogens with zero attached hydrogens (tertiary/aromatic N) is 3. The molecule has 3 aromatic rings. The summed E-state index contributed by atoms with van der Waals surface area (Å²) in [6.45, 7) is 0. The number of fused-ring (bicyclic) bond motifs is 1. The van der Waals surface area contributed by atoms with Gasteiger partial charge in [0.05, 0.1) is 10.7 Å². The van der Waals surface area contributed by atoms with Crippen LogP contribution in [0.2, 0.25) is 0 Å². The number of aromatic nitrogens is 3. The Hall–Kier alpha value is -2.02. The van der Waals surface area contributed by atoms with Crippen LogP contribution in [-0.2, 0) is 0 Å². The van der Waals surface area contributed by atoms with Gasteiger partial charge in [-0.2, -0.15) is 10.1 Å². The van der Waals surface area contributed by atoms with E-state index < -0.39 is 11.6 Å². The van der Waals surface area contributed by atoms with Crippen LogP contribution in [0.1, 0.15) is 0 Å². The van der Waals surface area contributed by atoms with E-state index in [1.54, 1.807) is 12.4 Å². The predicted molar refractivity (Wildman–Crippen MR) is 67.1 cm³/mol. The summed E-state index contributed by atoms with van der Waals surface area (Å²) >= 11 is 3.28. The van der Waals surface area contributed by atoms with Crippen molar-refractivity contribution in [3.63, 3.8) is 0 Å². The molecule has 0 fully saturated rings. The maximum Gasteiger partial charge on any atom is 0.222 e. The zero-order valence-electron chi connectivity index (χ0n) is 9.35. The fourth-order valence-corrected chi connectivity index (χ4v) is 1.91. The van der Waals surface area contributed by atoms with Gasteiger partial charge in [0.15, 0.2) is 17.2 Å². The third kappa shape index (κ3) is 2.28. The zero-order chi connectivity index (χ0) is 13.4. The Bertz CT molecular complexity index is 760. The van der Waals surface area contributed by atoms with Crippen LogP contribution in [0.15, 0.2) is 41.1 Å². The molecule has 4 nitrogen and oxygen atoms in total. The molecule has 0 aliphatic heterocycles. The molecule has 0 atom stereocenters. The molecule has 0 aliphatic rings. The van der Waals surface area contributed by atoms with Gasteiger partial charge < -0.3 is 4.74 Å². The van der Waals surface area contributed by atoms with Crippen LogP contribution in [0.25, 0.3) is 5.65 Å². The molecule has 0 amide bonds. The van der Waals surface area contributed by atoms with Crippen molar-refractivity contribution in [3.05, 3.63) is 52.8 Å². The lowest BCUT2D eigenvalue weighted by Gasteiger charge is -2.06. The second-order valence-electron chi connectivity index (χ2n) is 3.70. The van der Waals surface area contributed by atoms with Gasteiger partial charge in [-0.15, -0.1) is 0 Å². The van der Waals surface area contributed by atoms with Crippen molar-refractivity contribution in [1.29, 1.82) is 0 Å². The standard InChI is InChI=1S/C12H6BrF2N3O/c13-8-6-16-18-4-3-11(17-12(8)18)19-10-5-7(14)1-2-9(10)15/h1-6H. The maximum absolute atomic E-state index is 13.4. The normalized spacial score (nSPS) is 10.9. The molecule has 0 radical (unpaired) electrons. The smallest absolute Gasteiger partial charge is 0.222 e. The van der Waals surface area contributed by atoms with E-state index in [1.807, 2.05) is 0 Å². The van der Waals surface area contributed by atoms with E-state index >= 15 is 0 Å². The third-order valence-corrected chi connectivity index (χ3v) is 2.97. The van der Waals surface area contributed by atoms with Gasteiger partial charge in [-0.1, -0.05) is 0 Å². The van der Waals surface area contributed by atoms with Crippen molar-refractivity contribution in [3.8, 4) is 11.6 Å². The first-order valence-corrected chi connectivity index (χ1v) is 6.05. The molecule has 0 aliphatic carbocycles. The quantitative estimate of drug-likeness (QED) is 0.723. The highest BCUT2D eigenvalue weighted by atomic mass is 79.9. The zero-order valence-corrected chi connectivity index (χ0v) is 10.9. The summed E-state index contributed by atoms with van der Waals surface area (Å²) in [5.41, 5.74) is 0.523. The predicted octanol–water partition coefficient (Wildman–Crippen LogP) is 3.56. The second kappa shape index (κ2) is 4.58. The number of rotatable bonds is 2. The van der Waals surface area contributed by atoms with Crippen LogP contribution in [0, 0.1) is 11.6 Å². The summed E-state index contributed by atoms with van der Waals surface area (Å²) in [6, 6.07) is 4.49. The summed E-state index contributed by atoms with van der Waals surface area (Å²) in [6.07, 6.45) is 3.19. The Balaban J connectivity index is 2.00. The van der Waals surface area contributed by atoms with Crippen LogP contribution in [0.5, 0.6) is 11.6 Å². The van der Waals surface area contributed by atoms with Crippen molar-refractivity contribution in [2.24, 2.45) is 0 Å². The molecular formula is C12H6BrF2N3O. The first-order valence-electron chi connectivity index (χ1n) is 5.26. The van der Waals surface area contributed by atoms with E-state index in [2.05, 4.69) is 26.0 Å². The van der Waals surface area contributed by atoms with Crippen LogP contribution in [0.3, 0.4) is 0 Å². The molecular weight excluding hydrogens is 320 g/mol. The van der Waals surface area contributed by atoms with Crippen LogP contribution in [-0.4, -0.2) is 14.6 Å². The van der Waals surface area contributed by atoms with Crippen LogP contribution < -0.4 is 4.74 Å². The van der Waals surface area contributed by atoms with E-state index in [0.29, 0.717) is 10.1 Å². The minimum atomic E-state index is -0.657. The summed E-state index contributed by atoms with van der Waals surface area (Å²) < 4.78 is 33.9. The summed E-state index contributed by atoms with van der Waals surface area (Å²) in [5, 5.41) is 4.02. The molecule has 96 valence electrons. The van der Waals surface area contributed by atoms with Gasteiger partial charge in [-0.3, -0.25) is 0 Å². The van der Waals surface area contributed by atoms with Gasteiger partial charge in [-0.05, 0) is 28.1 Å². The van der Waals surface area contributed by atoms with Gasteiger partial charge in [0.2, 0.25) is 5.88 Å². The topological polar surface area (TPSA) is 39.4 Å². The Morgan fingerprint density at radius 1 is 1.21 bits per heavy atom. The van der Waals surface area contributed by atoms with E-state index in [-0.39, 0.29) is 11.6 Å². The van der Waals surface area contributed by atoms with Gasteiger partial charge in [-0.25, -0.2) is 13.3 Å². The maximum atomic E-state index is 13.4. The van der Waals surface area contributed by atoms with Gasteiger partial charge in [0.1, 0.15) is 5.82 Å². The lowest BCUT2D eigenvalue weighted by Crippen LogP contribution is -1.95. The largest absolute Gasteiger partial charge is 0.436 e. The Labute approximate surface area is 114 Å². The third-order valence-electron chi connectivity index (χ3n) is 2.41. The molecule has 0 saturated carbocycles. The molecule has 0 unspecified atom stereocenters. The van der Waals surface area contributed by atoms with Crippen molar-refractivity contribution in [2.45, 2.75) is 0 Å². The van der Waals surface area contributed by atoms with Crippen molar-refractivity contribution in [2.75, 3.05) is 0 Å². The molecule has 0 saturated heterocycles. The first kappa shape index (κ1) is 12.0. The van der Waals surface area contributed by atoms with Crippen molar-refractivity contribution in [1.82, 2.24) is 14.6 Å². The van der Waals surface area contributed by atoms with Crippen LogP contribution >= 0.6 is 15.9 Å². The molecule has 1 aromatic carbocycles. The minimum Gasteiger partial charge on any atom is -0.436 e. The number of halogens is 3. The molecule has 3 rings (SSSR count). The van der Waals surface area contributed by atoms with Gasteiger partial charge in [0.25, 0.3) is 0 Å². The SMILES string of the molecule is Fc1ccc(F)c(Oc2ccn3ncc(Br)c3n2)c1. The van der Waals surface area contributed by atoms with Crippen molar-refractivity contribution < 1.29 is 13.5 Å². The molecule has 19 heavy (non-hydrogen) atoms. The van der Waals surface area contributed by atoms with E-state index in [9.17, 15) is 8.78 Å². The summed E-state index contributed by atoms with van der Waals surface area (Å²) in [4.78, 5) is 4.14. The molecule has 2 aromatic heterocycles. The van der Waals surface area contributed by atoms with Crippen LogP contribution in [0.4, 0.5) is 8.78 Å². The van der Waals surface area contributed by atoms with E-state index in [4.69, 9.17) is 4.74 Å². The first-order chi connectivity index (χ1) is 9.13. The highest BCUT2D eigenvalue weighted by molar-refractivity contribution is 9.10. The van der Waals surface area contributed by atoms with E-state index in [0.717, 1.165) is 18.2 Å². The fourth-order valence-electron chi connectivity index (χ4n) is 1.55. The van der Waals surface area contributed by atoms with E-state index in [1.165, 1.54) is 10.6 Å².